The standard InChI is InChI=1S/C15H27N5O/c1-5-7-16-9-14-11(2)18-19(4)15(14)20-8-6-13(10-20)17-12(3)21/h13,16H,5-10H2,1-4H3,(H,17,21). The number of nitrogens with one attached hydrogen (secondary N) is 2. The minimum absolute atomic E-state index is 0.0490. The third kappa shape index (κ3) is 3.75. The lowest BCUT2D eigenvalue weighted by Crippen LogP contribution is -2.36. The van der Waals surface area contributed by atoms with Gasteiger partial charge in [-0.15, -0.1) is 0 Å². The summed E-state index contributed by atoms with van der Waals surface area (Å²) in [7, 11) is 2.00. The van der Waals surface area contributed by atoms with E-state index in [1.165, 1.54) is 11.4 Å². The average molecular weight is 293 g/mol. The van der Waals surface area contributed by atoms with Gasteiger partial charge in [-0.1, -0.05) is 6.92 Å². The van der Waals surface area contributed by atoms with Gasteiger partial charge in [-0.2, -0.15) is 5.10 Å². The summed E-state index contributed by atoms with van der Waals surface area (Å²) in [6.07, 6.45) is 2.12. The van der Waals surface area contributed by atoms with Crippen LogP contribution in [0.15, 0.2) is 0 Å². The normalized spacial score (nSPS) is 18.3. The number of anilines is 1. The number of hydrogen-bond acceptors (Lipinski definition) is 4. The highest BCUT2D eigenvalue weighted by atomic mass is 16.1. The van der Waals surface area contributed by atoms with Crippen molar-refractivity contribution in [1.82, 2.24) is 20.4 Å². The first kappa shape index (κ1) is 15.8. The second-order valence-corrected chi connectivity index (χ2v) is 5.82. The molecule has 1 aliphatic heterocycles. The molecule has 2 heterocycles. The van der Waals surface area contributed by atoms with Crippen LogP contribution in [0.25, 0.3) is 0 Å². The second-order valence-electron chi connectivity index (χ2n) is 5.82. The molecule has 21 heavy (non-hydrogen) atoms. The van der Waals surface area contributed by atoms with Gasteiger partial charge in [0.2, 0.25) is 5.91 Å². The highest BCUT2D eigenvalue weighted by Gasteiger charge is 2.27. The fraction of sp³-hybridized carbons (Fsp3) is 0.733. The second kappa shape index (κ2) is 6.93. The molecule has 6 nitrogen and oxygen atoms in total. The van der Waals surface area contributed by atoms with Gasteiger partial charge >= 0.3 is 0 Å². The van der Waals surface area contributed by atoms with E-state index in [0.29, 0.717) is 0 Å². The van der Waals surface area contributed by atoms with Crippen LogP contribution in [0.3, 0.4) is 0 Å². The van der Waals surface area contributed by atoms with Crippen LogP contribution < -0.4 is 15.5 Å². The Labute approximate surface area is 126 Å². The van der Waals surface area contributed by atoms with Crippen LogP contribution in [0.2, 0.25) is 0 Å². The number of aromatic nitrogens is 2. The molecule has 0 saturated carbocycles. The third-order valence-electron chi connectivity index (χ3n) is 3.94. The van der Waals surface area contributed by atoms with Crippen LogP contribution in [0.1, 0.15) is 37.9 Å². The summed E-state index contributed by atoms with van der Waals surface area (Å²) >= 11 is 0. The summed E-state index contributed by atoms with van der Waals surface area (Å²) in [6.45, 7) is 9.50. The first-order chi connectivity index (χ1) is 10.0. The van der Waals surface area contributed by atoms with Gasteiger partial charge in [0.05, 0.1) is 5.69 Å². The van der Waals surface area contributed by atoms with Crippen molar-refractivity contribution < 1.29 is 4.79 Å². The molecule has 0 spiro atoms. The number of nitrogens with zero attached hydrogens (tertiary/aromatic N) is 3. The predicted octanol–water partition coefficient (Wildman–Crippen LogP) is 0.943. The molecular weight excluding hydrogens is 266 g/mol. The van der Waals surface area contributed by atoms with Crippen molar-refractivity contribution in [2.75, 3.05) is 24.5 Å². The highest BCUT2D eigenvalue weighted by Crippen LogP contribution is 2.26. The predicted molar refractivity (Wildman–Crippen MR) is 84.4 cm³/mol. The summed E-state index contributed by atoms with van der Waals surface area (Å²) in [5, 5.41) is 11.0. The summed E-state index contributed by atoms with van der Waals surface area (Å²) < 4.78 is 1.97. The Balaban J connectivity index is 2.10. The Morgan fingerprint density at radius 3 is 2.90 bits per heavy atom. The molecule has 118 valence electrons. The minimum atomic E-state index is 0.0490. The Hall–Kier alpha value is -1.56. The zero-order valence-corrected chi connectivity index (χ0v) is 13.6. The van der Waals surface area contributed by atoms with Gasteiger partial charge in [0.1, 0.15) is 5.82 Å². The molecule has 1 unspecified atom stereocenters. The fourth-order valence-electron chi connectivity index (χ4n) is 3.04. The smallest absolute Gasteiger partial charge is 0.217 e. The lowest BCUT2D eigenvalue weighted by Gasteiger charge is -2.21. The number of hydrogen-bond donors (Lipinski definition) is 2. The maximum atomic E-state index is 11.2. The molecule has 1 aliphatic rings. The lowest BCUT2D eigenvalue weighted by atomic mass is 10.2. The summed E-state index contributed by atoms with van der Waals surface area (Å²) in [5.41, 5.74) is 2.36. The van der Waals surface area contributed by atoms with Gasteiger partial charge in [-0.3, -0.25) is 9.48 Å². The van der Waals surface area contributed by atoms with E-state index in [2.05, 4.69) is 34.5 Å². The molecule has 2 rings (SSSR count). The zero-order chi connectivity index (χ0) is 15.4. The molecule has 1 aromatic heterocycles. The van der Waals surface area contributed by atoms with Gasteiger partial charge in [-0.05, 0) is 26.3 Å². The summed E-state index contributed by atoms with van der Waals surface area (Å²) in [4.78, 5) is 13.5. The molecule has 1 saturated heterocycles. The SMILES string of the molecule is CCCNCc1c(C)nn(C)c1N1CCC(NC(C)=O)C1. The Morgan fingerprint density at radius 2 is 2.24 bits per heavy atom. The molecule has 0 aliphatic carbocycles. The van der Waals surface area contributed by atoms with Crippen LogP contribution >= 0.6 is 0 Å². The lowest BCUT2D eigenvalue weighted by molar-refractivity contribution is -0.119. The maximum Gasteiger partial charge on any atom is 0.217 e. The van der Waals surface area contributed by atoms with Crippen molar-refractivity contribution in [3.63, 3.8) is 0 Å². The van der Waals surface area contributed by atoms with Gasteiger partial charge in [0.15, 0.2) is 0 Å². The van der Waals surface area contributed by atoms with Crippen LogP contribution in [0.5, 0.6) is 0 Å². The van der Waals surface area contributed by atoms with Gasteiger partial charge in [0, 0.05) is 45.2 Å². The van der Waals surface area contributed by atoms with Crippen LogP contribution in [0, 0.1) is 6.92 Å². The van der Waals surface area contributed by atoms with E-state index in [9.17, 15) is 4.79 Å². The first-order valence-corrected chi connectivity index (χ1v) is 7.78. The number of carbonyl (C=O) groups is 1. The monoisotopic (exact) mass is 293 g/mol. The topological polar surface area (TPSA) is 62.2 Å². The van der Waals surface area contributed by atoms with Crippen molar-refractivity contribution in [2.24, 2.45) is 7.05 Å². The van der Waals surface area contributed by atoms with Crippen molar-refractivity contribution >= 4 is 11.7 Å². The third-order valence-corrected chi connectivity index (χ3v) is 3.94. The summed E-state index contributed by atoms with van der Waals surface area (Å²) in [6, 6.07) is 0.245. The Kier molecular flexibility index (Phi) is 5.22. The quantitative estimate of drug-likeness (QED) is 0.766. The number of amides is 1. The Bertz CT molecular complexity index is 496. The van der Waals surface area contributed by atoms with Crippen molar-refractivity contribution in [2.45, 2.75) is 46.2 Å². The van der Waals surface area contributed by atoms with Crippen molar-refractivity contribution in [3.8, 4) is 0 Å². The van der Waals surface area contributed by atoms with Gasteiger partial charge in [0.25, 0.3) is 0 Å². The average Bonchev–Trinajstić information content (AvgIpc) is 2.94. The first-order valence-electron chi connectivity index (χ1n) is 7.78. The molecule has 0 radical (unpaired) electrons. The maximum absolute atomic E-state index is 11.2. The fourth-order valence-corrected chi connectivity index (χ4v) is 3.04. The number of rotatable bonds is 6. The Morgan fingerprint density at radius 1 is 1.48 bits per heavy atom. The van der Waals surface area contributed by atoms with Gasteiger partial charge in [-0.25, -0.2) is 0 Å². The van der Waals surface area contributed by atoms with Crippen LogP contribution in [-0.4, -0.2) is 41.4 Å². The van der Waals surface area contributed by atoms with Gasteiger partial charge < -0.3 is 15.5 Å². The summed E-state index contributed by atoms with van der Waals surface area (Å²) in [5.74, 6) is 1.23. The largest absolute Gasteiger partial charge is 0.354 e. The molecule has 1 atom stereocenters. The molecule has 1 aromatic rings. The van der Waals surface area contributed by atoms with Crippen LogP contribution in [0.4, 0.5) is 5.82 Å². The molecule has 0 bridgehead atoms. The van der Waals surface area contributed by atoms with Crippen molar-refractivity contribution in [1.29, 1.82) is 0 Å². The van der Waals surface area contributed by atoms with E-state index in [1.807, 2.05) is 11.7 Å². The molecule has 0 aromatic carbocycles. The van der Waals surface area contributed by atoms with E-state index in [4.69, 9.17) is 0 Å². The molecule has 1 fully saturated rings. The number of aryl methyl sites for hydroxylation is 2. The van der Waals surface area contributed by atoms with Crippen LogP contribution in [-0.2, 0) is 18.4 Å². The molecular formula is C15H27N5O. The van der Waals surface area contributed by atoms with E-state index in [1.54, 1.807) is 6.92 Å². The number of carbonyl (C=O) groups excluding carboxylic acids is 1. The van der Waals surface area contributed by atoms with Crippen molar-refractivity contribution in [3.05, 3.63) is 11.3 Å². The van der Waals surface area contributed by atoms with E-state index in [-0.39, 0.29) is 11.9 Å². The van der Waals surface area contributed by atoms with E-state index in [0.717, 1.165) is 44.7 Å². The molecule has 6 heteroatoms. The zero-order valence-electron chi connectivity index (χ0n) is 13.6. The molecule has 1 amide bonds. The molecule has 2 N–H and O–H groups in total. The minimum Gasteiger partial charge on any atom is -0.354 e. The highest BCUT2D eigenvalue weighted by molar-refractivity contribution is 5.73. The van der Waals surface area contributed by atoms with E-state index >= 15 is 0 Å². The van der Waals surface area contributed by atoms with E-state index < -0.39 is 0 Å².